The molecule has 0 radical (unpaired) electrons. The fourth-order valence-corrected chi connectivity index (χ4v) is 3.10. The Morgan fingerprint density at radius 2 is 2.00 bits per heavy atom. The van der Waals surface area contributed by atoms with Crippen LogP contribution in [0.5, 0.6) is 5.75 Å². The molecule has 134 valence electrons. The number of thiocarbonyl (C=S) groups is 1. The highest BCUT2D eigenvalue weighted by Gasteiger charge is 2.21. The van der Waals surface area contributed by atoms with E-state index in [0.29, 0.717) is 30.3 Å². The molecule has 1 aliphatic heterocycles. The second-order valence-electron chi connectivity index (χ2n) is 5.85. The molecule has 2 aromatic carbocycles. The summed E-state index contributed by atoms with van der Waals surface area (Å²) in [6.45, 7) is 1.08. The van der Waals surface area contributed by atoms with Crippen LogP contribution in [0.4, 0.5) is 11.4 Å². The van der Waals surface area contributed by atoms with Crippen molar-refractivity contribution in [2.45, 2.75) is 13.0 Å². The molecule has 9 heteroatoms. The Kier molecular flexibility index (Phi) is 4.72. The highest BCUT2D eigenvalue weighted by atomic mass is 32.1. The highest BCUT2D eigenvalue weighted by Crippen LogP contribution is 2.26. The number of nitrogens with zero attached hydrogens (tertiary/aromatic N) is 2. The molecule has 0 fully saturated rings. The van der Waals surface area contributed by atoms with Gasteiger partial charge in [0.05, 0.1) is 4.92 Å². The van der Waals surface area contributed by atoms with E-state index in [1.54, 1.807) is 12.1 Å². The molecule has 0 bridgehead atoms. The van der Waals surface area contributed by atoms with Crippen molar-refractivity contribution in [3.05, 3.63) is 63.2 Å². The topological polar surface area (TPSA) is 116 Å². The third-order valence-corrected chi connectivity index (χ3v) is 4.54. The predicted octanol–water partition coefficient (Wildman–Crippen LogP) is 2.75. The van der Waals surface area contributed by atoms with E-state index < -0.39 is 10.9 Å². The number of benzene rings is 2. The minimum absolute atomic E-state index is 0.0404. The number of anilines is 1. The van der Waals surface area contributed by atoms with Crippen molar-refractivity contribution in [2.24, 2.45) is 0 Å². The summed E-state index contributed by atoms with van der Waals surface area (Å²) >= 11 is 5.38. The lowest BCUT2D eigenvalue weighted by molar-refractivity contribution is -0.385. The van der Waals surface area contributed by atoms with E-state index in [1.165, 1.54) is 24.3 Å². The van der Waals surface area contributed by atoms with E-state index in [4.69, 9.17) is 17.3 Å². The first kappa shape index (κ1) is 17.6. The van der Waals surface area contributed by atoms with Crippen molar-refractivity contribution < 1.29 is 19.9 Å². The van der Waals surface area contributed by atoms with Crippen molar-refractivity contribution in [3.8, 4) is 5.75 Å². The van der Waals surface area contributed by atoms with Crippen molar-refractivity contribution >= 4 is 34.7 Å². The summed E-state index contributed by atoms with van der Waals surface area (Å²) in [4.78, 5) is 23.3. The lowest BCUT2D eigenvalue weighted by atomic mass is 9.99. The molecule has 0 aromatic heterocycles. The number of nitrogens with one attached hydrogen (secondary N) is 1. The fourth-order valence-electron chi connectivity index (χ4n) is 2.82. The Balaban J connectivity index is 1.73. The van der Waals surface area contributed by atoms with Crippen LogP contribution in [-0.4, -0.2) is 37.7 Å². The van der Waals surface area contributed by atoms with E-state index >= 15 is 0 Å². The number of hydrogen-bond acceptors (Lipinski definition) is 5. The average molecular weight is 373 g/mol. The van der Waals surface area contributed by atoms with Crippen LogP contribution >= 0.6 is 12.2 Å². The second-order valence-corrected chi connectivity index (χ2v) is 6.24. The van der Waals surface area contributed by atoms with Gasteiger partial charge in [-0.15, -0.1) is 0 Å². The first-order valence-electron chi connectivity index (χ1n) is 7.73. The summed E-state index contributed by atoms with van der Waals surface area (Å²) in [6.07, 6.45) is 0.707. The molecule has 1 heterocycles. The van der Waals surface area contributed by atoms with Crippen LogP contribution < -0.4 is 5.32 Å². The zero-order valence-corrected chi connectivity index (χ0v) is 14.3. The summed E-state index contributed by atoms with van der Waals surface area (Å²) in [5, 5.41) is 33.0. The molecule has 0 atom stereocenters. The van der Waals surface area contributed by atoms with Crippen LogP contribution in [0, 0.1) is 10.1 Å². The number of nitro groups is 1. The molecule has 2 aromatic rings. The van der Waals surface area contributed by atoms with Crippen LogP contribution in [0.2, 0.25) is 0 Å². The van der Waals surface area contributed by atoms with Crippen LogP contribution in [-0.2, 0) is 13.0 Å². The van der Waals surface area contributed by atoms with Gasteiger partial charge in [0.1, 0.15) is 11.3 Å². The Morgan fingerprint density at radius 3 is 2.65 bits per heavy atom. The Hall–Kier alpha value is -3.20. The van der Waals surface area contributed by atoms with Crippen molar-refractivity contribution in [1.82, 2.24) is 4.90 Å². The number of rotatable bonds is 3. The smallest absolute Gasteiger partial charge is 0.339 e. The first-order chi connectivity index (χ1) is 12.3. The van der Waals surface area contributed by atoms with Gasteiger partial charge in [0.15, 0.2) is 5.11 Å². The number of phenols is 1. The quantitative estimate of drug-likeness (QED) is 0.427. The molecular formula is C17H15N3O5S. The first-order valence-corrected chi connectivity index (χ1v) is 8.14. The summed E-state index contributed by atoms with van der Waals surface area (Å²) in [5.74, 6) is -1.57. The number of aromatic hydroxyl groups is 1. The Labute approximate surface area is 153 Å². The summed E-state index contributed by atoms with van der Waals surface area (Å²) in [6, 6.07) is 8.91. The molecule has 0 saturated carbocycles. The van der Waals surface area contributed by atoms with Crippen molar-refractivity contribution in [2.75, 3.05) is 11.9 Å². The van der Waals surface area contributed by atoms with Gasteiger partial charge in [0, 0.05) is 37.0 Å². The average Bonchev–Trinajstić information content (AvgIpc) is 2.60. The Bertz CT molecular complexity index is 915. The number of carbonyl (C=O) groups is 1. The highest BCUT2D eigenvalue weighted by molar-refractivity contribution is 7.80. The maximum Gasteiger partial charge on any atom is 0.339 e. The van der Waals surface area contributed by atoms with Crippen LogP contribution in [0.3, 0.4) is 0 Å². The van der Waals surface area contributed by atoms with Crippen molar-refractivity contribution in [1.29, 1.82) is 0 Å². The lowest BCUT2D eigenvalue weighted by Gasteiger charge is -2.31. The number of aromatic carboxylic acids is 1. The summed E-state index contributed by atoms with van der Waals surface area (Å²) in [7, 11) is 0. The lowest BCUT2D eigenvalue weighted by Crippen LogP contribution is -2.38. The number of fused-ring (bicyclic) bond motifs is 1. The van der Waals surface area contributed by atoms with Crippen LogP contribution in [0.1, 0.15) is 21.5 Å². The number of carboxylic acid groups (broad SMARTS) is 1. The van der Waals surface area contributed by atoms with Gasteiger partial charge in [-0.3, -0.25) is 10.1 Å². The van der Waals surface area contributed by atoms with Gasteiger partial charge in [-0.2, -0.15) is 0 Å². The maximum atomic E-state index is 10.9. The number of hydrogen-bond donors (Lipinski definition) is 3. The molecule has 0 amide bonds. The van der Waals surface area contributed by atoms with E-state index in [2.05, 4.69) is 5.32 Å². The molecule has 26 heavy (non-hydrogen) atoms. The van der Waals surface area contributed by atoms with Gasteiger partial charge in [-0.05, 0) is 41.9 Å². The maximum absolute atomic E-state index is 10.9. The van der Waals surface area contributed by atoms with E-state index in [9.17, 15) is 20.0 Å². The van der Waals surface area contributed by atoms with Gasteiger partial charge in [-0.25, -0.2) is 4.79 Å². The molecule has 0 saturated heterocycles. The van der Waals surface area contributed by atoms with Gasteiger partial charge < -0.3 is 20.4 Å². The summed E-state index contributed by atoms with van der Waals surface area (Å²) in [5.41, 5.74) is 2.21. The van der Waals surface area contributed by atoms with E-state index in [0.717, 1.165) is 11.1 Å². The standard InChI is InChI=1S/C17H15N3O5S/c21-15-8-12(2-4-14(15)16(22)23)18-17(26)19-6-5-10-1-3-13(20(24)25)7-11(10)9-19/h1-4,7-8,21H,5-6,9H2,(H,18,26)(H,22,23). The third kappa shape index (κ3) is 3.57. The van der Waals surface area contributed by atoms with Crippen LogP contribution in [0.25, 0.3) is 0 Å². The van der Waals surface area contributed by atoms with Gasteiger partial charge in [-0.1, -0.05) is 6.07 Å². The predicted molar refractivity (Wildman–Crippen MR) is 98.5 cm³/mol. The normalized spacial score (nSPS) is 13.0. The summed E-state index contributed by atoms with van der Waals surface area (Å²) < 4.78 is 0. The molecule has 0 unspecified atom stereocenters. The van der Waals surface area contributed by atoms with Crippen molar-refractivity contribution in [3.63, 3.8) is 0 Å². The molecule has 3 N–H and O–H groups in total. The zero-order chi connectivity index (χ0) is 18.8. The number of non-ortho nitro benzene ring substituents is 1. The minimum atomic E-state index is -1.22. The van der Waals surface area contributed by atoms with E-state index in [1.807, 2.05) is 4.90 Å². The molecule has 3 rings (SSSR count). The van der Waals surface area contributed by atoms with Crippen LogP contribution in [0.15, 0.2) is 36.4 Å². The monoisotopic (exact) mass is 373 g/mol. The fraction of sp³-hybridized carbons (Fsp3) is 0.176. The van der Waals surface area contributed by atoms with Gasteiger partial charge in [0.25, 0.3) is 5.69 Å². The van der Waals surface area contributed by atoms with Gasteiger partial charge >= 0.3 is 5.97 Å². The molecular weight excluding hydrogens is 358 g/mol. The van der Waals surface area contributed by atoms with Gasteiger partial charge in [0.2, 0.25) is 0 Å². The second kappa shape index (κ2) is 6.96. The largest absolute Gasteiger partial charge is 0.507 e. The number of nitro benzene ring substituents is 1. The molecule has 1 aliphatic rings. The molecule has 8 nitrogen and oxygen atoms in total. The van der Waals surface area contributed by atoms with E-state index in [-0.39, 0.29) is 17.0 Å². The minimum Gasteiger partial charge on any atom is -0.507 e. The number of carboxylic acids is 1. The Morgan fingerprint density at radius 1 is 1.23 bits per heavy atom. The molecule has 0 spiro atoms. The zero-order valence-electron chi connectivity index (χ0n) is 13.5. The molecule has 0 aliphatic carbocycles. The SMILES string of the molecule is O=C(O)c1ccc(NC(=S)N2CCc3ccc([N+](=O)[O-])cc3C2)cc1O. The third-order valence-electron chi connectivity index (χ3n) is 4.18.